The maximum Gasteiger partial charge on any atom is 0.277 e. The van der Waals surface area contributed by atoms with Crippen LogP contribution in [0.15, 0.2) is 24.3 Å². The van der Waals surface area contributed by atoms with Crippen molar-refractivity contribution in [2.45, 2.75) is 26.2 Å². The fraction of sp³-hybridized carbons (Fsp3) is 0.529. The number of nitrogens with zero attached hydrogens (tertiary/aromatic N) is 1. The van der Waals surface area contributed by atoms with Gasteiger partial charge < -0.3 is 15.1 Å². The average molecular weight is 304 g/mol. The minimum Gasteiger partial charge on any atom is -0.332 e. The van der Waals surface area contributed by atoms with E-state index in [4.69, 9.17) is 0 Å². The molecule has 1 saturated heterocycles. The van der Waals surface area contributed by atoms with Crippen LogP contribution < -0.4 is 10.2 Å². The molecule has 5 nitrogen and oxygen atoms in total. The fourth-order valence-corrected chi connectivity index (χ4v) is 2.72. The van der Waals surface area contributed by atoms with Crippen molar-refractivity contribution in [3.05, 3.63) is 29.8 Å². The Balaban J connectivity index is 1.77. The van der Waals surface area contributed by atoms with Crippen LogP contribution in [0.2, 0.25) is 0 Å². The van der Waals surface area contributed by atoms with E-state index in [2.05, 4.69) is 5.32 Å². The largest absolute Gasteiger partial charge is 0.332 e. The molecule has 120 valence electrons. The molecule has 0 spiro atoms. The number of amides is 2. The highest BCUT2D eigenvalue weighted by Gasteiger charge is 2.21. The van der Waals surface area contributed by atoms with Gasteiger partial charge in [0.2, 0.25) is 5.91 Å². The summed E-state index contributed by atoms with van der Waals surface area (Å²) in [5, 5.41) is 2.82. The van der Waals surface area contributed by atoms with E-state index in [1.54, 1.807) is 7.05 Å². The van der Waals surface area contributed by atoms with Crippen LogP contribution in [-0.4, -0.2) is 49.9 Å². The van der Waals surface area contributed by atoms with Crippen LogP contribution in [0.1, 0.15) is 24.8 Å². The molecule has 1 aromatic rings. The van der Waals surface area contributed by atoms with E-state index in [1.807, 2.05) is 31.2 Å². The monoisotopic (exact) mass is 304 g/mol. The first kappa shape index (κ1) is 16.5. The minimum atomic E-state index is -0.159. The smallest absolute Gasteiger partial charge is 0.277 e. The normalized spacial score (nSPS) is 15.4. The number of carbonyl (C=O) groups is 2. The van der Waals surface area contributed by atoms with E-state index in [0.717, 1.165) is 24.3 Å². The molecule has 5 heteroatoms. The van der Waals surface area contributed by atoms with Crippen molar-refractivity contribution in [1.82, 2.24) is 4.90 Å². The number of rotatable bonds is 5. The molecule has 1 aromatic carbocycles. The van der Waals surface area contributed by atoms with Crippen LogP contribution in [0.25, 0.3) is 0 Å². The lowest BCUT2D eigenvalue weighted by atomic mass is 10.1. The van der Waals surface area contributed by atoms with E-state index in [0.29, 0.717) is 6.54 Å². The zero-order valence-corrected chi connectivity index (χ0v) is 13.5. The van der Waals surface area contributed by atoms with Crippen LogP contribution in [0.3, 0.4) is 0 Å². The first-order valence-corrected chi connectivity index (χ1v) is 7.98. The lowest BCUT2D eigenvalue weighted by Crippen LogP contribution is -3.13. The summed E-state index contributed by atoms with van der Waals surface area (Å²) in [5.74, 6) is -0.121. The van der Waals surface area contributed by atoms with Crippen LogP contribution in [-0.2, 0) is 9.59 Å². The highest BCUT2D eigenvalue weighted by atomic mass is 16.2. The molecule has 2 N–H and O–H groups in total. The summed E-state index contributed by atoms with van der Waals surface area (Å²) >= 11 is 0. The lowest BCUT2D eigenvalue weighted by molar-refractivity contribution is -0.897. The summed E-state index contributed by atoms with van der Waals surface area (Å²) in [6, 6.07) is 7.63. The van der Waals surface area contributed by atoms with Gasteiger partial charge in [-0.25, -0.2) is 0 Å². The summed E-state index contributed by atoms with van der Waals surface area (Å²) < 4.78 is 0. The van der Waals surface area contributed by atoms with Crippen molar-refractivity contribution < 1.29 is 14.5 Å². The highest BCUT2D eigenvalue weighted by molar-refractivity contribution is 5.94. The topological polar surface area (TPSA) is 53.9 Å². The van der Waals surface area contributed by atoms with Crippen molar-refractivity contribution in [1.29, 1.82) is 0 Å². The van der Waals surface area contributed by atoms with Crippen LogP contribution in [0.5, 0.6) is 0 Å². The summed E-state index contributed by atoms with van der Waals surface area (Å²) in [6.07, 6.45) is 3.66. The Bertz CT molecular complexity index is 507. The number of aryl methyl sites for hydroxylation is 1. The molecular weight excluding hydrogens is 278 g/mol. The molecule has 0 aromatic heterocycles. The van der Waals surface area contributed by atoms with Gasteiger partial charge in [0.1, 0.15) is 0 Å². The number of likely N-dealkylation sites (tertiary alicyclic amines) is 1. The van der Waals surface area contributed by atoms with Gasteiger partial charge in [-0.3, -0.25) is 9.59 Å². The van der Waals surface area contributed by atoms with Gasteiger partial charge in [0.05, 0.1) is 19.6 Å². The van der Waals surface area contributed by atoms with Gasteiger partial charge in [-0.2, -0.15) is 0 Å². The van der Waals surface area contributed by atoms with Gasteiger partial charge in [0, 0.05) is 12.7 Å². The lowest BCUT2D eigenvalue weighted by Gasteiger charge is -2.25. The van der Waals surface area contributed by atoms with Crippen LogP contribution in [0.4, 0.5) is 5.69 Å². The second kappa shape index (κ2) is 7.94. The number of carbonyl (C=O) groups excluding carboxylic acids is 2. The average Bonchev–Trinajstić information content (AvgIpc) is 2.50. The molecule has 1 heterocycles. The summed E-state index contributed by atoms with van der Waals surface area (Å²) in [4.78, 5) is 27.0. The third kappa shape index (κ3) is 5.15. The Morgan fingerprint density at radius 2 is 1.77 bits per heavy atom. The molecule has 1 fully saturated rings. The van der Waals surface area contributed by atoms with Crippen molar-refractivity contribution in [2.75, 3.05) is 38.5 Å². The number of benzene rings is 1. The first-order chi connectivity index (χ1) is 10.5. The Hall–Kier alpha value is -1.88. The van der Waals surface area contributed by atoms with E-state index >= 15 is 0 Å². The summed E-state index contributed by atoms with van der Waals surface area (Å²) in [6.45, 7) is 4.72. The first-order valence-electron chi connectivity index (χ1n) is 7.98. The number of anilines is 1. The number of hydrogen-bond acceptors (Lipinski definition) is 2. The van der Waals surface area contributed by atoms with E-state index in [-0.39, 0.29) is 18.4 Å². The summed E-state index contributed by atoms with van der Waals surface area (Å²) in [5.41, 5.74) is 1.91. The maximum absolute atomic E-state index is 12.2. The standard InChI is InChI=1S/C17H25N3O2/c1-14-6-8-15(9-7-14)18-16(21)12-19(2)17(22)13-20-10-4-3-5-11-20/h6-9H,3-5,10-13H2,1-2H3,(H,18,21)/p+1. The van der Waals surface area contributed by atoms with Gasteiger partial charge >= 0.3 is 0 Å². The Labute approximate surface area is 132 Å². The fourth-order valence-electron chi connectivity index (χ4n) is 2.72. The number of hydrogen-bond donors (Lipinski definition) is 2. The number of nitrogens with one attached hydrogen (secondary N) is 2. The van der Waals surface area contributed by atoms with Crippen LogP contribution in [0, 0.1) is 6.92 Å². The number of likely N-dealkylation sites (N-methyl/N-ethyl adjacent to an activating group) is 1. The molecule has 2 amide bonds. The molecule has 0 aliphatic carbocycles. The van der Waals surface area contributed by atoms with Crippen molar-refractivity contribution in [3.63, 3.8) is 0 Å². The van der Waals surface area contributed by atoms with E-state index < -0.39 is 0 Å². The number of quaternary nitrogens is 1. The zero-order valence-electron chi connectivity index (χ0n) is 13.5. The molecule has 1 aliphatic heterocycles. The second-order valence-electron chi connectivity index (χ2n) is 6.15. The van der Waals surface area contributed by atoms with Gasteiger partial charge in [-0.05, 0) is 38.3 Å². The van der Waals surface area contributed by atoms with Gasteiger partial charge in [0.15, 0.2) is 6.54 Å². The van der Waals surface area contributed by atoms with E-state index in [9.17, 15) is 9.59 Å². The van der Waals surface area contributed by atoms with Crippen LogP contribution >= 0.6 is 0 Å². The molecule has 0 bridgehead atoms. The predicted octanol–water partition coefficient (Wildman–Crippen LogP) is 0.461. The zero-order chi connectivity index (χ0) is 15.9. The Kier molecular flexibility index (Phi) is 5.95. The van der Waals surface area contributed by atoms with Crippen molar-refractivity contribution in [3.8, 4) is 0 Å². The predicted molar refractivity (Wildman–Crippen MR) is 86.9 cm³/mol. The van der Waals surface area contributed by atoms with Gasteiger partial charge in [0.25, 0.3) is 5.91 Å². The minimum absolute atomic E-state index is 0.0379. The quantitative estimate of drug-likeness (QED) is 0.830. The number of piperidine rings is 1. The van der Waals surface area contributed by atoms with Gasteiger partial charge in [-0.1, -0.05) is 17.7 Å². The van der Waals surface area contributed by atoms with Crippen molar-refractivity contribution in [2.24, 2.45) is 0 Å². The third-order valence-electron chi connectivity index (χ3n) is 4.10. The second-order valence-corrected chi connectivity index (χ2v) is 6.15. The molecule has 0 saturated carbocycles. The highest BCUT2D eigenvalue weighted by Crippen LogP contribution is 2.08. The maximum atomic E-state index is 12.2. The summed E-state index contributed by atoms with van der Waals surface area (Å²) in [7, 11) is 1.69. The van der Waals surface area contributed by atoms with E-state index in [1.165, 1.54) is 29.1 Å². The molecular formula is C17H26N3O2+. The third-order valence-corrected chi connectivity index (χ3v) is 4.10. The molecule has 1 aliphatic rings. The van der Waals surface area contributed by atoms with Gasteiger partial charge in [-0.15, -0.1) is 0 Å². The molecule has 22 heavy (non-hydrogen) atoms. The Morgan fingerprint density at radius 1 is 1.14 bits per heavy atom. The SMILES string of the molecule is Cc1ccc(NC(=O)CN(C)C(=O)C[NH+]2CCCCC2)cc1. The molecule has 0 radical (unpaired) electrons. The molecule has 0 unspecified atom stereocenters. The Morgan fingerprint density at radius 3 is 2.41 bits per heavy atom. The molecule has 2 rings (SSSR count). The molecule has 0 atom stereocenters. The van der Waals surface area contributed by atoms with Crippen molar-refractivity contribution >= 4 is 17.5 Å².